The van der Waals surface area contributed by atoms with Gasteiger partial charge in [-0.05, 0) is 44.0 Å². The van der Waals surface area contributed by atoms with Crippen molar-refractivity contribution < 1.29 is 4.79 Å². The maximum atomic E-state index is 12.3. The Labute approximate surface area is 128 Å². The van der Waals surface area contributed by atoms with Gasteiger partial charge >= 0.3 is 0 Å². The lowest BCUT2D eigenvalue weighted by atomic mass is 9.84. The number of benzene rings is 1. The molecular formula is C16H19N3OS. The van der Waals surface area contributed by atoms with Crippen molar-refractivity contribution in [3.05, 3.63) is 29.3 Å². The number of hydrogen-bond donors (Lipinski definition) is 1. The summed E-state index contributed by atoms with van der Waals surface area (Å²) in [7, 11) is 0. The van der Waals surface area contributed by atoms with Crippen molar-refractivity contribution in [1.82, 2.24) is 15.2 Å². The highest BCUT2D eigenvalue weighted by atomic mass is 32.1. The van der Waals surface area contributed by atoms with Gasteiger partial charge in [0.1, 0.15) is 5.01 Å². The fraction of sp³-hybridized carbons (Fsp3) is 0.500. The van der Waals surface area contributed by atoms with Crippen LogP contribution in [0.4, 0.5) is 0 Å². The van der Waals surface area contributed by atoms with E-state index in [1.807, 2.05) is 18.2 Å². The quantitative estimate of drug-likeness (QED) is 0.944. The Morgan fingerprint density at radius 1 is 1.33 bits per heavy atom. The van der Waals surface area contributed by atoms with Crippen molar-refractivity contribution in [3.63, 3.8) is 0 Å². The summed E-state index contributed by atoms with van der Waals surface area (Å²) in [5.41, 5.74) is 0.994. The Kier molecular flexibility index (Phi) is 3.39. The molecule has 110 valence electrons. The number of aromatic nitrogens is 1. The van der Waals surface area contributed by atoms with E-state index in [1.54, 1.807) is 11.3 Å². The van der Waals surface area contributed by atoms with Crippen LogP contribution < -0.4 is 5.32 Å². The third kappa shape index (κ3) is 2.68. The van der Waals surface area contributed by atoms with Crippen molar-refractivity contribution in [2.75, 3.05) is 19.6 Å². The molecule has 2 bridgehead atoms. The van der Waals surface area contributed by atoms with Crippen molar-refractivity contribution in [3.8, 4) is 0 Å². The van der Waals surface area contributed by atoms with Gasteiger partial charge in [0.05, 0.1) is 16.6 Å². The molecule has 3 aliphatic rings. The summed E-state index contributed by atoms with van der Waals surface area (Å²) in [6.45, 7) is 3.43. The van der Waals surface area contributed by atoms with Gasteiger partial charge in [0.2, 0.25) is 5.91 Å². The molecule has 3 fully saturated rings. The molecule has 1 amide bonds. The number of amides is 1. The first-order valence-corrected chi connectivity index (χ1v) is 8.46. The first-order valence-electron chi connectivity index (χ1n) is 7.64. The van der Waals surface area contributed by atoms with Gasteiger partial charge in [-0.3, -0.25) is 4.79 Å². The van der Waals surface area contributed by atoms with Crippen LogP contribution in [0.2, 0.25) is 0 Å². The van der Waals surface area contributed by atoms with Crippen molar-refractivity contribution in [2.24, 2.45) is 5.92 Å². The van der Waals surface area contributed by atoms with Crippen LogP contribution in [0, 0.1) is 5.92 Å². The molecular weight excluding hydrogens is 282 g/mol. The van der Waals surface area contributed by atoms with Gasteiger partial charge in [-0.25, -0.2) is 4.98 Å². The van der Waals surface area contributed by atoms with Crippen LogP contribution in [0.1, 0.15) is 17.8 Å². The molecule has 3 saturated heterocycles. The van der Waals surface area contributed by atoms with Crippen LogP contribution in [0.5, 0.6) is 0 Å². The SMILES string of the molecule is O=C(Cc1nc2ccccc2s1)N[C@@H]1CN2CCC1CC2. The molecule has 4 nitrogen and oxygen atoms in total. The zero-order valence-corrected chi connectivity index (χ0v) is 12.7. The first kappa shape index (κ1) is 13.2. The van der Waals surface area contributed by atoms with Gasteiger partial charge in [-0.15, -0.1) is 11.3 Å². The minimum atomic E-state index is 0.118. The maximum absolute atomic E-state index is 12.3. The summed E-state index contributed by atoms with van der Waals surface area (Å²) in [6.07, 6.45) is 2.86. The Bertz CT molecular complexity index is 627. The number of piperidine rings is 3. The molecule has 0 spiro atoms. The van der Waals surface area contributed by atoms with Crippen LogP contribution in [0.15, 0.2) is 24.3 Å². The molecule has 5 rings (SSSR count). The van der Waals surface area contributed by atoms with Gasteiger partial charge < -0.3 is 10.2 Å². The number of carbonyl (C=O) groups is 1. The second-order valence-electron chi connectivity index (χ2n) is 6.06. The lowest BCUT2D eigenvalue weighted by Crippen LogP contribution is -2.57. The standard InChI is InChI=1S/C16H19N3OS/c20-15(17-13-10-19-7-5-11(13)6-8-19)9-16-18-12-3-1-2-4-14(12)21-16/h1-4,11,13H,5-10H2,(H,17,20)/t13-/m1/s1. The molecule has 1 N–H and O–H groups in total. The molecule has 0 unspecified atom stereocenters. The fourth-order valence-electron chi connectivity index (χ4n) is 3.52. The summed E-state index contributed by atoms with van der Waals surface area (Å²) in [6, 6.07) is 8.40. The maximum Gasteiger partial charge on any atom is 0.227 e. The first-order chi connectivity index (χ1) is 10.3. The highest BCUT2D eigenvalue weighted by Crippen LogP contribution is 2.27. The summed E-state index contributed by atoms with van der Waals surface area (Å²) in [5.74, 6) is 0.794. The van der Waals surface area contributed by atoms with Gasteiger partial charge in [0.15, 0.2) is 0 Å². The number of thiazole rings is 1. The number of nitrogens with one attached hydrogen (secondary N) is 1. The molecule has 0 radical (unpaired) electrons. The minimum absolute atomic E-state index is 0.118. The van der Waals surface area contributed by atoms with Gasteiger partial charge in [0.25, 0.3) is 0 Å². The number of carbonyl (C=O) groups excluding carboxylic acids is 1. The molecule has 4 heterocycles. The number of fused-ring (bicyclic) bond motifs is 4. The molecule has 0 aliphatic carbocycles. The van der Waals surface area contributed by atoms with Crippen LogP contribution >= 0.6 is 11.3 Å². The van der Waals surface area contributed by atoms with E-state index in [4.69, 9.17) is 0 Å². The highest BCUT2D eigenvalue weighted by molar-refractivity contribution is 7.18. The van der Waals surface area contributed by atoms with Crippen LogP contribution in [0.3, 0.4) is 0 Å². The van der Waals surface area contributed by atoms with E-state index in [0.29, 0.717) is 18.4 Å². The van der Waals surface area contributed by atoms with E-state index < -0.39 is 0 Å². The van der Waals surface area contributed by atoms with Crippen molar-refractivity contribution >= 4 is 27.5 Å². The zero-order chi connectivity index (χ0) is 14.2. The smallest absolute Gasteiger partial charge is 0.227 e. The molecule has 3 aliphatic heterocycles. The van der Waals surface area contributed by atoms with E-state index in [1.165, 1.54) is 25.9 Å². The molecule has 0 saturated carbocycles. The van der Waals surface area contributed by atoms with Gasteiger partial charge in [0, 0.05) is 12.6 Å². The Hall–Kier alpha value is -1.46. The Morgan fingerprint density at radius 3 is 2.86 bits per heavy atom. The van der Waals surface area contributed by atoms with E-state index >= 15 is 0 Å². The number of para-hydroxylation sites is 1. The van der Waals surface area contributed by atoms with Crippen LogP contribution in [-0.2, 0) is 11.2 Å². The monoisotopic (exact) mass is 301 g/mol. The predicted molar refractivity (Wildman–Crippen MR) is 84.4 cm³/mol. The lowest BCUT2D eigenvalue weighted by Gasteiger charge is -2.44. The molecule has 1 atom stereocenters. The molecule has 1 aromatic heterocycles. The van der Waals surface area contributed by atoms with E-state index in [-0.39, 0.29) is 5.91 Å². The number of nitrogens with zero attached hydrogens (tertiary/aromatic N) is 2. The molecule has 21 heavy (non-hydrogen) atoms. The fourth-order valence-corrected chi connectivity index (χ4v) is 4.49. The largest absolute Gasteiger partial charge is 0.351 e. The second-order valence-corrected chi connectivity index (χ2v) is 7.18. The summed E-state index contributed by atoms with van der Waals surface area (Å²) in [4.78, 5) is 19.3. The Balaban J connectivity index is 1.41. The highest BCUT2D eigenvalue weighted by Gasteiger charge is 2.34. The normalized spacial score (nSPS) is 27.9. The zero-order valence-electron chi connectivity index (χ0n) is 11.9. The van der Waals surface area contributed by atoms with E-state index in [0.717, 1.165) is 21.8 Å². The molecule has 2 aromatic rings. The lowest BCUT2D eigenvalue weighted by molar-refractivity contribution is -0.122. The third-order valence-electron chi connectivity index (χ3n) is 4.65. The summed E-state index contributed by atoms with van der Waals surface area (Å²) >= 11 is 1.62. The van der Waals surface area contributed by atoms with Gasteiger partial charge in [-0.2, -0.15) is 0 Å². The predicted octanol–water partition coefficient (Wildman–Crippen LogP) is 2.05. The summed E-state index contributed by atoms with van der Waals surface area (Å²) < 4.78 is 1.16. The van der Waals surface area contributed by atoms with Crippen LogP contribution in [-0.4, -0.2) is 41.5 Å². The molecule has 5 heteroatoms. The average Bonchev–Trinajstić information content (AvgIpc) is 2.90. The topological polar surface area (TPSA) is 45.2 Å². The van der Waals surface area contributed by atoms with Crippen molar-refractivity contribution in [2.45, 2.75) is 25.3 Å². The number of hydrogen-bond acceptors (Lipinski definition) is 4. The Morgan fingerprint density at radius 2 is 2.14 bits per heavy atom. The second kappa shape index (κ2) is 5.39. The van der Waals surface area contributed by atoms with Crippen LogP contribution in [0.25, 0.3) is 10.2 Å². The van der Waals surface area contributed by atoms with E-state index in [2.05, 4.69) is 21.3 Å². The van der Waals surface area contributed by atoms with E-state index in [9.17, 15) is 4.79 Å². The average molecular weight is 301 g/mol. The van der Waals surface area contributed by atoms with Crippen molar-refractivity contribution in [1.29, 1.82) is 0 Å². The molecule has 1 aromatic carbocycles. The number of rotatable bonds is 3. The minimum Gasteiger partial charge on any atom is -0.351 e. The summed E-state index contributed by atoms with van der Waals surface area (Å²) in [5, 5.41) is 4.14. The van der Waals surface area contributed by atoms with Gasteiger partial charge in [-0.1, -0.05) is 12.1 Å². The third-order valence-corrected chi connectivity index (χ3v) is 5.69.